The minimum absolute atomic E-state index is 0.315. The van der Waals surface area contributed by atoms with Gasteiger partial charge in [-0.15, -0.1) is 6.58 Å². The van der Waals surface area contributed by atoms with E-state index >= 15 is 0 Å². The summed E-state index contributed by atoms with van der Waals surface area (Å²) in [5.74, 6) is 0. The number of aromatic nitrogens is 3. The molecule has 1 atom stereocenters. The van der Waals surface area contributed by atoms with Crippen LogP contribution in [0.4, 0.5) is 5.69 Å². The fraction of sp³-hybridized carbons (Fsp3) is 0.320. The van der Waals surface area contributed by atoms with E-state index < -0.39 is 0 Å². The van der Waals surface area contributed by atoms with E-state index in [9.17, 15) is 4.79 Å². The zero-order valence-electron chi connectivity index (χ0n) is 18.7. The number of anilines is 1. The summed E-state index contributed by atoms with van der Waals surface area (Å²) in [6.07, 6.45) is 5.77. The van der Waals surface area contributed by atoms with Gasteiger partial charge in [-0.1, -0.05) is 13.0 Å². The molecule has 1 aliphatic heterocycles. The lowest BCUT2D eigenvalue weighted by Gasteiger charge is -2.40. The molecule has 1 fully saturated rings. The van der Waals surface area contributed by atoms with Crippen LogP contribution in [0.15, 0.2) is 58.5 Å². The second-order valence-corrected chi connectivity index (χ2v) is 8.37. The molecule has 0 bridgehead atoms. The largest absolute Gasteiger partial charge is 0.422 e. The molecule has 164 valence electrons. The zero-order valence-corrected chi connectivity index (χ0v) is 18.7. The number of likely N-dealkylation sites (N-methyl/N-ethyl adjacent to an activating group) is 1. The second-order valence-electron chi connectivity index (χ2n) is 8.37. The van der Waals surface area contributed by atoms with Crippen molar-refractivity contribution >= 4 is 22.3 Å². The average molecular weight is 430 g/mol. The smallest absolute Gasteiger partial charge is 0.345 e. The van der Waals surface area contributed by atoms with Gasteiger partial charge in [0.15, 0.2) is 5.65 Å². The zero-order chi connectivity index (χ0) is 22.4. The highest BCUT2D eigenvalue weighted by Crippen LogP contribution is 2.27. The highest BCUT2D eigenvalue weighted by atomic mass is 16.4. The third-order valence-electron chi connectivity index (χ3n) is 6.30. The lowest BCUT2D eigenvalue weighted by molar-refractivity contribution is 0.220. The molecule has 0 spiro atoms. The minimum atomic E-state index is -0.389. The molecule has 1 saturated heterocycles. The van der Waals surface area contributed by atoms with Gasteiger partial charge in [0.05, 0.1) is 22.6 Å². The first kappa shape index (κ1) is 20.5. The number of benzene rings is 1. The molecule has 5 rings (SSSR count). The van der Waals surface area contributed by atoms with Gasteiger partial charge < -0.3 is 13.7 Å². The Morgan fingerprint density at radius 3 is 2.81 bits per heavy atom. The summed E-state index contributed by atoms with van der Waals surface area (Å²) in [6, 6.07) is 8.25. The van der Waals surface area contributed by atoms with Crippen LogP contribution in [0.2, 0.25) is 0 Å². The molecule has 0 saturated carbocycles. The maximum absolute atomic E-state index is 12.9. The Labute approximate surface area is 186 Å². The van der Waals surface area contributed by atoms with Crippen molar-refractivity contribution in [2.75, 3.05) is 31.1 Å². The Balaban J connectivity index is 1.51. The van der Waals surface area contributed by atoms with Gasteiger partial charge in [0.2, 0.25) is 0 Å². The van der Waals surface area contributed by atoms with Crippen molar-refractivity contribution in [1.29, 1.82) is 0 Å². The van der Waals surface area contributed by atoms with Crippen LogP contribution < -0.4 is 10.5 Å². The van der Waals surface area contributed by atoms with Gasteiger partial charge >= 0.3 is 5.63 Å². The maximum Gasteiger partial charge on any atom is 0.345 e. The van der Waals surface area contributed by atoms with Crippen LogP contribution in [0.1, 0.15) is 18.3 Å². The van der Waals surface area contributed by atoms with E-state index in [0.717, 1.165) is 54.3 Å². The molecule has 4 heterocycles. The molecule has 7 heteroatoms. The molecular formula is C25H27N5O2. The minimum Gasteiger partial charge on any atom is -0.422 e. The number of hydrogen-bond donors (Lipinski definition) is 0. The van der Waals surface area contributed by atoms with Crippen molar-refractivity contribution < 1.29 is 4.42 Å². The fourth-order valence-corrected chi connectivity index (χ4v) is 4.61. The van der Waals surface area contributed by atoms with Gasteiger partial charge in [-0.25, -0.2) is 9.78 Å². The topological polar surface area (TPSA) is 66.9 Å². The van der Waals surface area contributed by atoms with Crippen LogP contribution in [-0.4, -0.2) is 51.5 Å². The molecule has 1 unspecified atom stereocenters. The van der Waals surface area contributed by atoms with Crippen LogP contribution in [0.5, 0.6) is 0 Å². The summed E-state index contributed by atoms with van der Waals surface area (Å²) < 4.78 is 7.65. The Hall–Kier alpha value is -3.45. The summed E-state index contributed by atoms with van der Waals surface area (Å²) in [5.41, 5.74) is 4.76. The third-order valence-corrected chi connectivity index (χ3v) is 6.30. The van der Waals surface area contributed by atoms with E-state index in [1.54, 1.807) is 0 Å². The van der Waals surface area contributed by atoms with Gasteiger partial charge in [-0.2, -0.15) is 0 Å². The Morgan fingerprint density at radius 2 is 2.03 bits per heavy atom. The monoisotopic (exact) mass is 429 g/mol. The summed E-state index contributed by atoms with van der Waals surface area (Å²) >= 11 is 0. The van der Waals surface area contributed by atoms with Gasteiger partial charge in [0, 0.05) is 55.2 Å². The number of rotatable bonds is 4. The molecule has 1 aliphatic rings. The highest BCUT2D eigenvalue weighted by Gasteiger charge is 2.24. The van der Waals surface area contributed by atoms with E-state index in [1.807, 2.05) is 54.9 Å². The number of aryl methyl sites for hydroxylation is 2. The molecular weight excluding hydrogens is 402 g/mol. The number of hydrogen-bond acceptors (Lipinski definition) is 6. The van der Waals surface area contributed by atoms with E-state index in [-0.39, 0.29) is 5.63 Å². The molecule has 32 heavy (non-hydrogen) atoms. The van der Waals surface area contributed by atoms with Crippen LogP contribution in [0.25, 0.3) is 27.9 Å². The molecule has 0 N–H and O–H groups in total. The second kappa shape index (κ2) is 7.91. The van der Waals surface area contributed by atoms with Crippen LogP contribution in [-0.2, 0) is 0 Å². The molecule has 4 aromatic rings. The molecule has 3 aromatic heterocycles. The first-order valence-corrected chi connectivity index (χ1v) is 11.0. The van der Waals surface area contributed by atoms with Crippen molar-refractivity contribution in [2.45, 2.75) is 26.8 Å². The van der Waals surface area contributed by atoms with Crippen molar-refractivity contribution in [3.05, 3.63) is 71.1 Å². The third kappa shape index (κ3) is 3.48. The predicted molar refractivity (Wildman–Crippen MR) is 127 cm³/mol. The van der Waals surface area contributed by atoms with Crippen molar-refractivity contribution in [3.8, 4) is 11.3 Å². The van der Waals surface area contributed by atoms with E-state index in [1.165, 1.54) is 0 Å². The fourth-order valence-electron chi connectivity index (χ4n) is 4.61. The van der Waals surface area contributed by atoms with Gasteiger partial charge in [0.1, 0.15) is 5.58 Å². The lowest BCUT2D eigenvalue weighted by atomic mass is 10.1. The Bertz CT molecular complexity index is 1390. The SMILES string of the molecule is C=CC1CN(c2ccc3cc(-c4cn5cc(C)nc(C)c5n4)c(=O)oc3c2)CCN1CC. The molecule has 7 nitrogen and oxygen atoms in total. The van der Waals surface area contributed by atoms with Crippen molar-refractivity contribution in [1.82, 2.24) is 19.3 Å². The van der Waals surface area contributed by atoms with Crippen molar-refractivity contribution in [3.63, 3.8) is 0 Å². The maximum atomic E-state index is 12.9. The van der Waals surface area contributed by atoms with E-state index in [0.29, 0.717) is 22.9 Å². The summed E-state index contributed by atoms with van der Waals surface area (Å²) in [7, 11) is 0. The average Bonchev–Trinajstić information content (AvgIpc) is 3.21. The molecule has 0 aliphatic carbocycles. The normalized spacial score (nSPS) is 17.3. The van der Waals surface area contributed by atoms with Gasteiger partial charge in [-0.3, -0.25) is 9.88 Å². The predicted octanol–water partition coefficient (Wildman–Crippen LogP) is 3.82. The van der Waals surface area contributed by atoms with Crippen LogP contribution >= 0.6 is 0 Å². The van der Waals surface area contributed by atoms with Crippen molar-refractivity contribution in [2.24, 2.45) is 0 Å². The van der Waals surface area contributed by atoms with E-state index in [2.05, 4.69) is 39.3 Å². The van der Waals surface area contributed by atoms with Gasteiger partial charge in [-0.05, 0) is 38.6 Å². The quantitative estimate of drug-likeness (QED) is 0.363. The highest BCUT2D eigenvalue weighted by molar-refractivity contribution is 5.84. The summed E-state index contributed by atoms with van der Waals surface area (Å²) in [5, 5.41) is 0.874. The van der Waals surface area contributed by atoms with Crippen LogP contribution in [0, 0.1) is 13.8 Å². The number of fused-ring (bicyclic) bond motifs is 2. The molecule has 1 aromatic carbocycles. The number of imidazole rings is 1. The van der Waals surface area contributed by atoms with Crippen LogP contribution in [0.3, 0.4) is 0 Å². The first-order chi connectivity index (χ1) is 15.5. The molecule has 0 radical (unpaired) electrons. The Kier molecular flexibility index (Phi) is 5.06. The number of nitrogens with zero attached hydrogens (tertiary/aromatic N) is 5. The standard InChI is InChI=1S/C25H27N5O2/c1-5-19-14-29(10-9-28(19)6-2)20-8-7-18-11-21(25(31)32-23(18)12-20)22-15-30-13-16(3)26-17(4)24(30)27-22/h5,7-8,11-13,15,19H,1,6,9-10,14H2,2-4H3. The Morgan fingerprint density at radius 1 is 1.19 bits per heavy atom. The summed E-state index contributed by atoms with van der Waals surface area (Å²) in [6.45, 7) is 13.8. The molecule has 0 amide bonds. The number of piperazine rings is 1. The first-order valence-electron chi connectivity index (χ1n) is 11.0. The van der Waals surface area contributed by atoms with Gasteiger partial charge in [0.25, 0.3) is 0 Å². The lowest BCUT2D eigenvalue weighted by Crippen LogP contribution is -2.52. The summed E-state index contributed by atoms with van der Waals surface area (Å²) in [4.78, 5) is 26.7. The van der Waals surface area contributed by atoms with E-state index in [4.69, 9.17) is 4.42 Å².